The number of piperazine rings is 1. The molecule has 20 heavy (non-hydrogen) atoms. The first-order chi connectivity index (χ1) is 9.65. The van der Waals surface area contributed by atoms with Crippen molar-refractivity contribution < 1.29 is 15.1 Å². The van der Waals surface area contributed by atoms with E-state index in [0.717, 1.165) is 31.9 Å². The number of nitrogens with zero attached hydrogens (tertiary/aromatic N) is 3. The van der Waals surface area contributed by atoms with Crippen molar-refractivity contribution in [3.8, 4) is 0 Å². The summed E-state index contributed by atoms with van der Waals surface area (Å²) < 4.78 is 0. The SMILES string of the molecule is O=[N+]([O-])c1ccc(N2CCN(CCO)CC2)c(CO)c1. The van der Waals surface area contributed by atoms with Gasteiger partial charge in [0.25, 0.3) is 5.69 Å². The molecular formula is C13H19N3O4. The van der Waals surface area contributed by atoms with Crippen LogP contribution in [0.2, 0.25) is 0 Å². The van der Waals surface area contributed by atoms with E-state index in [2.05, 4.69) is 9.80 Å². The standard InChI is InChI=1S/C13H19N3O4/c17-8-7-14-3-5-15(6-4-14)13-2-1-12(16(19)20)9-11(13)10-18/h1-2,9,17-18H,3-8,10H2. The fourth-order valence-corrected chi connectivity index (χ4v) is 2.47. The van der Waals surface area contributed by atoms with Gasteiger partial charge in [0.15, 0.2) is 0 Å². The van der Waals surface area contributed by atoms with Crippen LogP contribution in [0.3, 0.4) is 0 Å². The Labute approximate surface area is 117 Å². The van der Waals surface area contributed by atoms with Gasteiger partial charge in [-0.3, -0.25) is 15.0 Å². The fourth-order valence-electron chi connectivity index (χ4n) is 2.47. The summed E-state index contributed by atoms with van der Waals surface area (Å²) in [6.07, 6.45) is 0. The maximum atomic E-state index is 10.8. The average molecular weight is 281 g/mol. The summed E-state index contributed by atoms with van der Waals surface area (Å²) in [4.78, 5) is 14.6. The number of benzene rings is 1. The Bertz CT molecular complexity index is 473. The van der Waals surface area contributed by atoms with Crippen LogP contribution in [-0.4, -0.2) is 59.4 Å². The predicted molar refractivity (Wildman–Crippen MR) is 74.8 cm³/mol. The second kappa shape index (κ2) is 6.65. The second-order valence-corrected chi connectivity index (χ2v) is 4.78. The van der Waals surface area contributed by atoms with Gasteiger partial charge in [0.2, 0.25) is 0 Å². The van der Waals surface area contributed by atoms with Gasteiger partial charge in [-0.1, -0.05) is 0 Å². The Morgan fingerprint density at radius 2 is 1.90 bits per heavy atom. The molecule has 0 aliphatic carbocycles. The summed E-state index contributed by atoms with van der Waals surface area (Å²) in [5.74, 6) is 0. The molecule has 0 saturated carbocycles. The Morgan fingerprint density at radius 3 is 2.45 bits per heavy atom. The van der Waals surface area contributed by atoms with Crippen molar-refractivity contribution in [1.82, 2.24) is 4.90 Å². The van der Waals surface area contributed by atoms with Gasteiger partial charge in [0.05, 0.1) is 18.1 Å². The minimum Gasteiger partial charge on any atom is -0.395 e. The molecule has 7 nitrogen and oxygen atoms in total. The molecule has 0 bridgehead atoms. The molecule has 7 heteroatoms. The van der Waals surface area contributed by atoms with Crippen molar-refractivity contribution in [2.24, 2.45) is 0 Å². The number of hydrogen-bond donors (Lipinski definition) is 2. The van der Waals surface area contributed by atoms with Crippen LogP contribution in [0.1, 0.15) is 5.56 Å². The van der Waals surface area contributed by atoms with Gasteiger partial charge in [-0.2, -0.15) is 0 Å². The zero-order valence-corrected chi connectivity index (χ0v) is 11.2. The third-order valence-corrected chi connectivity index (χ3v) is 3.57. The van der Waals surface area contributed by atoms with Gasteiger partial charge < -0.3 is 15.1 Å². The monoisotopic (exact) mass is 281 g/mol. The van der Waals surface area contributed by atoms with E-state index in [1.165, 1.54) is 12.1 Å². The number of hydrogen-bond acceptors (Lipinski definition) is 6. The second-order valence-electron chi connectivity index (χ2n) is 4.78. The van der Waals surface area contributed by atoms with E-state index in [0.29, 0.717) is 12.1 Å². The van der Waals surface area contributed by atoms with Crippen LogP contribution >= 0.6 is 0 Å². The van der Waals surface area contributed by atoms with E-state index >= 15 is 0 Å². The van der Waals surface area contributed by atoms with Crippen LogP contribution < -0.4 is 4.90 Å². The van der Waals surface area contributed by atoms with E-state index in [-0.39, 0.29) is 18.9 Å². The summed E-state index contributed by atoms with van der Waals surface area (Å²) in [5, 5.41) is 29.1. The van der Waals surface area contributed by atoms with Gasteiger partial charge in [0, 0.05) is 56.1 Å². The van der Waals surface area contributed by atoms with Crippen LogP contribution in [0.4, 0.5) is 11.4 Å². The van der Waals surface area contributed by atoms with Crippen LogP contribution in [0.25, 0.3) is 0 Å². The number of non-ortho nitro benzene ring substituents is 1. The molecule has 110 valence electrons. The van der Waals surface area contributed by atoms with Crippen molar-refractivity contribution in [2.75, 3.05) is 44.2 Å². The van der Waals surface area contributed by atoms with Crippen molar-refractivity contribution in [3.05, 3.63) is 33.9 Å². The highest BCUT2D eigenvalue weighted by Crippen LogP contribution is 2.26. The van der Waals surface area contributed by atoms with E-state index in [1.807, 2.05) is 0 Å². The zero-order chi connectivity index (χ0) is 14.5. The third-order valence-electron chi connectivity index (χ3n) is 3.57. The summed E-state index contributed by atoms with van der Waals surface area (Å²) in [6.45, 7) is 3.84. The average Bonchev–Trinajstić information content (AvgIpc) is 2.47. The topological polar surface area (TPSA) is 90.1 Å². The Kier molecular flexibility index (Phi) is 4.89. The molecule has 0 unspecified atom stereocenters. The highest BCUT2D eigenvalue weighted by atomic mass is 16.6. The molecular weight excluding hydrogens is 262 g/mol. The molecule has 0 amide bonds. The molecule has 0 aromatic heterocycles. The van der Waals surface area contributed by atoms with Gasteiger partial charge >= 0.3 is 0 Å². The first kappa shape index (κ1) is 14.7. The van der Waals surface area contributed by atoms with Gasteiger partial charge in [-0.15, -0.1) is 0 Å². The molecule has 1 fully saturated rings. The number of rotatable bonds is 5. The highest BCUT2D eigenvalue weighted by Gasteiger charge is 2.20. The molecule has 0 atom stereocenters. The van der Waals surface area contributed by atoms with Crippen molar-refractivity contribution in [2.45, 2.75) is 6.61 Å². The Morgan fingerprint density at radius 1 is 1.20 bits per heavy atom. The van der Waals surface area contributed by atoms with Crippen molar-refractivity contribution >= 4 is 11.4 Å². The van der Waals surface area contributed by atoms with Crippen molar-refractivity contribution in [3.63, 3.8) is 0 Å². The zero-order valence-electron chi connectivity index (χ0n) is 11.2. The number of nitro groups is 1. The molecule has 2 rings (SSSR count). The van der Waals surface area contributed by atoms with E-state index in [9.17, 15) is 15.2 Å². The maximum Gasteiger partial charge on any atom is 0.269 e. The molecule has 1 heterocycles. The maximum absolute atomic E-state index is 10.8. The fraction of sp³-hybridized carbons (Fsp3) is 0.538. The number of aliphatic hydroxyl groups excluding tert-OH is 2. The first-order valence-corrected chi connectivity index (χ1v) is 6.62. The molecule has 1 aliphatic rings. The summed E-state index contributed by atoms with van der Waals surface area (Å²) in [5.41, 5.74) is 1.42. The lowest BCUT2D eigenvalue weighted by Crippen LogP contribution is -2.47. The molecule has 0 radical (unpaired) electrons. The van der Waals surface area contributed by atoms with Gasteiger partial charge in [-0.25, -0.2) is 0 Å². The lowest BCUT2D eigenvalue weighted by molar-refractivity contribution is -0.384. The number of nitro benzene ring substituents is 1. The molecule has 1 aromatic rings. The predicted octanol–water partition coefficient (Wildman–Crippen LogP) is 0.201. The quantitative estimate of drug-likeness (QED) is 0.592. The summed E-state index contributed by atoms with van der Waals surface area (Å²) in [7, 11) is 0. The van der Waals surface area contributed by atoms with E-state index in [4.69, 9.17) is 5.11 Å². The lowest BCUT2D eigenvalue weighted by atomic mass is 10.1. The molecule has 2 N–H and O–H groups in total. The highest BCUT2D eigenvalue weighted by molar-refractivity contribution is 5.58. The minimum atomic E-state index is -0.456. The molecule has 1 saturated heterocycles. The van der Waals surface area contributed by atoms with Crippen LogP contribution in [-0.2, 0) is 6.61 Å². The summed E-state index contributed by atoms with van der Waals surface area (Å²) in [6, 6.07) is 4.59. The third kappa shape index (κ3) is 3.24. The summed E-state index contributed by atoms with van der Waals surface area (Å²) >= 11 is 0. The van der Waals surface area contributed by atoms with Crippen LogP contribution in [0, 0.1) is 10.1 Å². The number of aliphatic hydroxyl groups is 2. The van der Waals surface area contributed by atoms with E-state index < -0.39 is 4.92 Å². The first-order valence-electron chi connectivity index (χ1n) is 6.62. The number of β-amino-alcohol motifs (C(OH)–C–C–N with tert-alkyl or cyclic N) is 1. The van der Waals surface area contributed by atoms with Crippen LogP contribution in [0.15, 0.2) is 18.2 Å². The largest absolute Gasteiger partial charge is 0.395 e. The molecule has 0 spiro atoms. The smallest absolute Gasteiger partial charge is 0.269 e. The van der Waals surface area contributed by atoms with Crippen molar-refractivity contribution in [1.29, 1.82) is 0 Å². The minimum absolute atomic E-state index is 0.00304. The van der Waals surface area contributed by atoms with Gasteiger partial charge in [-0.05, 0) is 6.07 Å². The molecule has 1 aromatic carbocycles. The Balaban J connectivity index is 2.11. The van der Waals surface area contributed by atoms with Crippen LogP contribution in [0.5, 0.6) is 0 Å². The number of anilines is 1. The van der Waals surface area contributed by atoms with E-state index in [1.54, 1.807) is 6.07 Å². The lowest BCUT2D eigenvalue weighted by Gasteiger charge is -2.36. The molecule has 1 aliphatic heterocycles. The Hall–Kier alpha value is -1.70. The normalized spacial score (nSPS) is 16.4. The van der Waals surface area contributed by atoms with Gasteiger partial charge in [0.1, 0.15) is 0 Å².